The molecular formula is C20H23BrO3S. The lowest BCUT2D eigenvalue weighted by Crippen LogP contribution is -2.56. The van der Waals surface area contributed by atoms with Gasteiger partial charge in [0.15, 0.2) is 12.4 Å². The topological polar surface area (TPSA) is 43.4 Å². The summed E-state index contributed by atoms with van der Waals surface area (Å²) in [6, 6.07) is 7.46. The van der Waals surface area contributed by atoms with Gasteiger partial charge in [-0.3, -0.25) is 9.59 Å². The van der Waals surface area contributed by atoms with Crippen molar-refractivity contribution in [1.29, 1.82) is 0 Å². The highest BCUT2D eigenvalue weighted by Gasteiger charge is 2.60. The zero-order valence-electron chi connectivity index (χ0n) is 14.4. The molecule has 4 saturated carbocycles. The average Bonchev–Trinajstić information content (AvgIpc) is 2.57. The van der Waals surface area contributed by atoms with Gasteiger partial charge >= 0.3 is 5.97 Å². The Morgan fingerprint density at radius 1 is 1.16 bits per heavy atom. The number of benzene rings is 1. The first kappa shape index (κ1) is 17.6. The molecule has 1 aromatic carbocycles. The summed E-state index contributed by atoms with van der Waals surface area (Å²) in [5, 5.41) is 0. The van der Waals surface area contributed by atoms with Gasteiger partial charge in [-0.2, -0.15) is 0 Å². The van der Waals surface area contributed by atoms with E-state index in [9.17, 15) is 9.59 Å². The summed E-state index contributed by atoms with van der Waals surface area (Å²) in [5.41, 5.74) is 0.240. The minimum absolute atomic E-state index is 0.119. The Morgan fingerprint density at radius 2 is 1.80 bits per heavy atom. The van der Waals surface area contributed by atoms with Crippen LogP contribution in [0.2, 0.25) is 0 Å². The van der Waals surface area contributed by atoms with Gasteiger partial charge in [0.25, 0.3) is 0 Å². The van der Waals surface area contributed by atoms with Crippen LogP contribution in [-0.4, -0.2) is 28.9 Å². The molecule has 2 unspecified atom stereocenters. The maximum absolute atomic E-state index is 12.9. The molecule has 0 aromatic heterocycles. The summed E-state index contributed by atoms with van der Waals surface area (Å²) in [5.74, 6) is 0.977. The van der Waals surface area contributed by atoms with Crippen LogP contribution in [0.4, 0.5) is 0 Å². The lowest BCUT2D eigenvalue weighted by molar-refractivity contribution is -0.168. The molecule has 5 heteroatoms. The quantitative estimate of drug-likeness (QED) is 0.293. The molecule has 0 saturated heterocycles. The van der Waals surface area contributed by atoms with Crippen molar-refractivity contribution in [2.24, 2.45) is 17.3 Å². The van der Waals surface area contributed by atoms with Crippen LogP contribution in [0.25, 0.3) is 0 Å². The number of esters is 1. The van der Waals surface area contributed by atoms with Crippen molar-refractivity contribution >= 4 is 39.4 Å². The van der Waals surface area contributed by atoms with E-state index in [1.165, 1.54) is 19.3 Å². The van der Waals surface area contributed by atoms with Crippen molar-refractivity contribution in [1.82, 2.24) is 0 Å². The molecule has 4 aliphatic rings. The van der Waals surface area contributed by atoms with Gasteiger partial charge in [-0.25, -0.2) is 0 Å². The Morgan fingerprint density at radius 3 is 2.36 bits per heavy atom. The number of ketones is 1. The predicted molar refractivity (Wildman–Crippen MR) is 102 cm³/mol. The summed E-state index contributed by atoms with van der Waals surface area (Å²) in [4.78, 5) is 26.3. The number of Topliss-reactive ketones (excluding diaryl/α,β-unsaturated/α-hetero) is 1. The fourth-order valence-corrected chi connectivity index (χ4v) is 7.39. The molecule has 0 N–H and O–H groups in total. The lowest BCUT2D eigenvalue weighted by Gasteiger charge is -2.58. The van der Waals surface area contributed by atoms with E-state index >= 15 is 0 Å². The largest absolute Gasteiger partial charge is 0.457 e. The molecule has 2 atom stereocenters. The minimum atomic E-state index is -0.365. The molecule has 1 aromatic rings. The van der Waals surface area contributed by atoms with Gasteiger partial charge in [0, 0.05) is 14.8 Å². The number of carbonyl (C=O) groups excluding carboxylic acids is 2. The third-order valence-electron chi connectivity index (χ3n) is 6.17. The van der Waals surface area contributed by atoms with Crippen molar-refractivity contribution in [2.45, 2.75) is 47.7 Å². The van der Waals surface area contributed by atoms with Crippen LogP contribution in [0.5, 0.6) is 0 Å². The first-order chi connectivity index (χ1) is 11.9. The van der Waals surface area contributed by atoms with E-state index < -0.39 is 0 Å². The molecule has 134 valence electrons. The van der Waals surface area contributed by atoms with Crippen molar-refractivity contribution in [3.63, 3.8) is 0 Å². The fourth-order valence-electron chi connectivity index (χ4n) is 5.53. The van der Waals surface area contributed by atoms with E-state index in [1.54, 1.807) is 23.9 Å². The third kappa shape index (κ3) is 3.30. The zero-order valence-corrected chi connectivity index (χ0v) is 16.8. The molecule has 4 fully saturated rings. The molecule has 0 spiro atoms. The van der Waals surface area contributed by atoms with Crippen LogP contribution in [0, 0.1) is 17.3 Å². The summed E-state index contributed by atoms with van der Waals surface area (Å²) in [6.45, 7) is -0.149. The smallest absolute Gasteiger partial charge is 0.312 e. The lowest BCUT2D eigenvalue weighted by atomic mass is 9.49. The fraction of sp³-hybridized carbons (Fsp3) is 0.600. The van der Waals surface area contributed by atoms with E-state index in [0.29, 0.717) is 17.4 Å². The van der Waals surface area contributed by atoms with E-state index in [1.807, 2.05) is 18.4 Å². The molecule has 0 radical (unpaired) electrons. The Hall–Kier alpha value is -0.810. The minimum Gasteiger partial charge on any atom is -0.457 e. The van der Waals surface area contributed by atoms with Crippen LogP contribution in [0.1, 0.15) is 48.9 Å². The Labute approximate surface area is 161 Å². The second-order valence-corrected chi connectivity index (χ2v) is 10.7. The van der Waals surface area contributed by atoms with E-state index in [4.69, 9.17) is 4.74 Å². The highest BCUT2D eigenvalue weighted by molar-refractivity contribution is 9.10. The molecule has 4 aliphatic carbocycles. The SMILES string of the molecule is CSc1ccc(C(=O)COC(=O)C23CC4CC(CC(Br)(C4)C2)C3)cc1. The number of carbonyl (C=O) groups is 2. The van der Waals surface area contributed by atoms with Crippen LogP contribution >= 0.6 is 27.7 Å². The van der Waals surface area contributed by atoms with Crippen molar-refractivity contribution in [2.75, 3.05) is 12.9 Å². The number of rotatable bonds is 5. The Kier molecular flexibility index (Phi) is 4.52. The zero-order chi connectivity index (χ0) is 17.7. The number of halogens is 1. The summed E-state index contributed by atoms with van der Waals surface area (Å²) in [6.07, 6.45) is 8.35. The van der Waals surface area contributed by atoms with Gasteiger partial charge in [-0.15, -0.1) is 11.8 Å². The molecule has 0 amide bonds. The first-order valence-corrected chi connectivity index (χ1v) is 11.0. The molecule has 25 heavy (non-hydrogen) atoms. The van der Waals surface area contributed by atoms with Crippen molar-refractivity contribution in [3.8, 4) is 0 Å². The third-order valence-corrected chi connectivity index (χ3v) is 7.84. The monoisotopic (exact) mass is 422 g/mol. The summed E-state index contributed by atoms with van der Waals surface area (Å²) in [7, 11) is 0. The standard InChI is InChI=1S/C20H23BrO3S/c1-25-16-4-2-15(3-5-16)17(22)11-24-18(23)19-7-13-6-14(8-19)10-20(21,9-13)12-19/h2-5,13-14H,6-12H2,1H3. The maximum atomic E-state index is 12.9. The highest BCUT2D eigenvalue weighted by Crippen LogP contribution is 2.64. The normalized spacial score (nSPS) is 35.6. The van der Waals surface area contributed by atoms with E-state index in [-0.39, 0.29) is 28.1 Å². The Bertz CT molecular complexity index is 685. The number of thioether (sulfide) groups is 1. The second-order valence-electron chi connectivity index (χ2n) is 8.12. The molecule has 0 aliphatic heterocycles. The average molecular weight is 423 g/mol. The van der Waals surface area contributed by atoms with Crippen LogP contribution in [0.15, 0.2) is 29.2 Å². The van der Waals surface area contributed by atoms with Gasteiger partial charge in [0.2, 0.25) is 0 Å². The summed E-state index contributed by atoms with van der Waals surface area (Å²) < 4.78 is 5.65. The molecule has 0 heterocycles. The Balaban J connectivity index is 1.41. The van der Waals surface area contributed by atoms with Gasteiger partial charge in [0.05, 0.1) is 5.41 Å². The number of ether oxygens (including phenoxy) is 1. The molecular weight excluding hydrogens is 400 g/mol. The first-order valence-electron chi connectivity index (χ1n) is 8.95. The van der Waals surface area contributed by atoms with Crippen molar-refractivity contribution < 1.29 is 14.3 Å². The van der Waals surface area contributed by atoms with Gasteiger partial charge < -0.3 is 4.74 Å². The van der Waals surface area contributed by atoms with Crippen LogP contribution < -0.4 is 0 Å². The maximum Gasteiger partial charge on any atom is 0.312 e. The predicted octanol–water partition coefficient (Wildman–Crippen LogP) is 4.87. The van der Waals surface area contributed by atoms with Gasteiger partial charge in [-0.1, -0.05) is 28.1 Å². The van der Waals surface area contributed by atoms with Crippen molar-refractivity contribution in [3.05, 3.63) is 29.8 Å². The van der Waals surface area contributed by atoms with E-state index in [0.717, 1.165) is 24.2 Å². The van der Waals surface area contributed by atoms with Crippen LogP contribution in [-0.2, 0) is 9.53 Å². The van der Waals surface area contributed by atoms with Crippen LogP contribution in [0.3, 0.4) is 0 Å². The summed E-state index contributed by atoms with van der Waals surface area (Å²) >= 11 is 5.55. The highest BCUT2D eigenvalue weighted by atomic mass is 79.9. The van der Waals surface area contributed by atoms with E-state index in [2.05, 4.69) is 15.9 Å². The number of alkyl halides is 1. The van der Waals surface area contributed by atoms with Gasteiger partial charge in [0.1, 0.15) is 0 Å². The number of hydrogen-bond acceptors (Lipinski definition) is 4. The molecule has 3 nitrogen and oxygen atoms in total. The van der Waals surface area contributed by atoms with Gasteiger partial charge in [-0.05, 0) is 68.7 Å². The molecule has 5 rings (SSSR count). The number of hydrogen-bond donors (Lipinski definition) is 0. The second kappa shape index (κ2) is 6.41. The molecule has 4 bridgehead atoms.